The summed E-state index contributed by atoms with van der Waals surface area (Å²) in [4.78, 5) is 31.0. The van der Waals surface area contributed by atoms with E-state index in [9.17, 15) is 15.3 Å². The Balaban J connectivity index is 1.23. The van der Waals surface area contributed by atoms with Crippen molar-refractivity contribution in [1.29, 1.82) is 10.5 Å². The smallest absolute Gasteiger partial charge is 0.254 e. The van der Waals surface area contributed by atoms with Crippen molar-refractivity contribution >= 4 is 17.5 Å². The first kappa shape index (κ1) is 26.1. The molecular weight excluding hydrogens is 488 g/mol. The summed E-state index contributed by atoms with van der Waals surface area (Å²) in [5.41, 5.74) is 5.26. The molecule has 0 bridgehead atoms. The van der Waals surface area contributed by atoms with Crippen LogP contribution in [0.5, 0.6) is 0 Å². The van der Waals surface area contributed by atoms with Crippen LogP contribution < -0.4 is 9.80 Å². The van der Waals surface area contributed by atoms with E-state index in [4.69, 9.17) is 0 Å². The fourth-order valence-corrected chi connectivity index (χ4v) is 5.42. The average Bonchev–Trinajstić information content (AvgIpc) is 2.98. The Labute approximate surface area is 229 Å². The molecule has 2 aromatic heterocycles. The highest BCUT2D eigenvalue weighted by molar-refractivity contribution is 5.96. The summed E-state index contributed by atoms with van der Waals surface area (Å²) in [5, 5.41) is 18.8. The molecule has 2 fully saturated rings. The Morgan fingerprint density at radius 3 is 1.87 bits per heavy atom. The third-order valence-corrected chi connectivity index (χ3v) is 7.66. The van der Waals surface area contributed by atoms with Gasteiger partial charge in [0.2, 0.25) is 0 Å². The first-order valence-corrected chi connectivity index (χ1v) is 13.3. The maximum absolute atomic E-state index is 13.6. The SMILES string of the molecule is Cc1cc(C)c(C(=O)N2CCN(c3ncccc3C#N)CC2)cc1CN1CCN(c2ncccc2C#N)CC1. The highest BCUT2D eigenvalue weighted by Crippen LogP contribution is 2.24. The van der Waals surface area contributed by atoms with E-state index in [-0.39, 0.29) is 5.91 Å². The van der Waals surface area contributed by atoms with E-state index in [1.165, 1.54) is 11.1 Å². The predicted molar refractivity (Wildman–Crippen MR) is 149 cm³/mol. The zero-order chi connectivity index (χ0) is 27.4. The number of aryl methyl sites for hydroxylation is 2. The molecule has 2 aliphatic heterocycles. The first-order valence-electron chi connectivity index (χ1n) is 13.3. The van der Waals surface area contributed by atoms with Crippen molar-refractivity contribution in [3.05, 3.63) is 82.2 Å². The second kappa shape index (κ2) is 11.5. The van der Waals surface area contributed by atoms with Crippen LogP contribution in [0, 0.1) is 36.5 Å². The maximum atomic E-state index is 13.6. The van der Waals surface area contributed by atoms with Crippen molar-refractivity contribution in [3.63, 3.8) is 0 Å². The first-order chi connectivity index (χ1) is 19.0. The van der Waals surface area contributed by atoms with Crippen LogP contribution in [0.15, 0.2) is 48.8 Å². The molecule has 198 valence electrons. The molecule has 4 heterocycles. The lowest BCUT2D eigenvalue weighted by Gasteiger charge is -2.36. The Kier molecular flexibility index (Phi) is 7.72. The standard InChI is InChI=1S/C30H32N8O/c1-22-17-23(2)27(30(39)38-15-13-37(14-16-38)29-25(20-32)6-4-8-34-29)18-26(22)21-35-9-11-36(12-10-35)28-24(19-31)5-3-7-33-28/h3-8,17-18H,9-16,21H2,1-2H3. The van der Waals surface area contributed by atoms with Gasteiger partial charge >= 0.3 is 0 Å². The van der Waals surface area contributed by atoms with Gasteiger partial charge in [0.05, 0.1) is 11.1 Å². The maximum Gasteiger partial charge on any atom is 0.254 e. The molecule has 0 N–H and O–H groups in total. The number of nitrogens with zero attached hydrogens (tertiary/aromatic N) is 8. The number of carbonyl (C=O) groups is 1. The van der Waals surface area contributed by atoms with Gasteiger partial charge in [-0.15, -0.1) is 0 Å². The van der Waals surface area contributed by atoms with E-state index in [2.05, 4.69) is 55.9 Å². The second-order valence-electron chi connectivity index (χ2n) is 10.1. The Hall–Kier alpha value is -4.47. The lowest BCUT2D eigenvalue weighted by atomic mass is 9.98. The van der Waals surface area contributed by atoms with E-state index in [0.29, 0.717) is 43.1 Å². The zero-order valence-electron chi connectivity index (χ0n) is 22.5. The summed E-state index contributed by atoms with van der Waals surface area (Å²) in [6.45, 7) is 10.7. The minimum atomic E-state index is 0.0546. The molecule has 0 saturated carbocycles. The van der Waals surface area contributed by atoms with E-state index < -0.39 is 0 Å². The molecule has 9 heteroatoms. The number of aromatic nitrogens is 2. The number of anilines is 2. The molecule has 1 amide bonds. The number of pyridine rings is 2. The highest BCUT2D eigenvalue weighted by atomic mass is 16.2. The molecule has 3 aromatic rings. The summed E-state index contributed by atoms with van der Waals surface area (Å²) in [5.74, 6) is 1.50. The van der Waals surface area contributed by atoms with Crippen LogP contribution in [0.3, 0.4) is 0 Å². The highest BCUT2D eigenvalue weighted by Gasteiger charge is 2.26. The van der Waals surface area contributed by atoms with Crippen LogP contribution in [0.2, 0.25) is 0 Å². The quantitative estimate of drug-likeness (QED) is 0.506. The minimum Gasteiger partial charge on any atom is -0.353 e. The number of hydrogen-bond acceptors (Lipinski definition) is 8. The van der Waals surface area contributed by atoms with Crippen LogP contribution in [-0.2, 0) is 6.54 Å². The van der Waals surface area contributed by atoms with Crippen molar-refractivity contribution < 1.29 is 4.79 Å². The van der Waals surface area contributed by atoms with E-state index in [0.717, 1.165) is 49.7 Å². The molecule has 39 heavy (non-hydrogen) atoms. The molecular formula is C30H32N8O. The fraction of sp³-hybridized carbons (Fsp3) is 0.367. The van der Waals surface area contributed by atoms with E-state index in [1.807, 2.05) is 17.9 Å². The van der Waals surface area contributed by atoms with E-state index >= 15 is 0 Å². The van der Waals surface area contributed by atoms with Gasteiger partial charge in [-0.3, -0.25) is 9.69 Å². The lowest BCUT2D eigenvalue weighted by molar-refractivity contribution is 0.0745. The molecule has 0 unspecified atom stereocenters. The Bertz CT molecular complexity index is 1440. The van der Waals surface area contributed by atoms with Crippen molar-refractivity contribution in [2.75, 3.05) is 62.2 Å². The normalized spacial score (nSPS) is 16.1. The van der Waals surface area contributed by atoms with Crippen molar-refractivity contribution in [3.8, 4) is 12.1 Å². The number of piperazine rings is 2. The molecule has 2 saturated heterocycles. The number of benzene rings is 1. The zero-order valence-corrected chi connectivity index (χ0v) is 22.5. The second-order valence-corrected chi connectivity index (χ2v) is 10.1. The van der Waals surface area contributed by atoms with Gasteiger partial charge in [-0.25, -0.2) is 9.97 Å². The molecule has 9 nitrogen and oxygen atoms in total. The van der Waals surface area contributed by atoms with Crippen molar-refractivity contribution in [2.45, 2.75) is 20.4 Å². The molecule has 0 spiro atoms. The topological polar surface area (TPSA) is 103 Å². The van der Waals surface area contributed by atoms with Gasteiger partial charge in [-0.1, -0.05) is 6.07 Å². The van der Waals surface area contributed by atoms with Gasteiger partial charge in [-0.05, 0) is 60.9 Å². The minimum absolute atomic E-state index is 0.0546. The van der Waals surface area contributed by atoms with Gasteiger partial charge in [0.15, 0.2) is 0 Å². The van der Waals surface area contributed by atoms with Gasteiger partial charge in [-0.2, -0.15) is 10.5 Å². The molecule has 0 atom stereocenters. The number of nitriles is 2. The van der Waals surface area contributed by atoms with Gasteiger partial charge < -0.3 is 14.7 Å². The number of rotatable bonds is 5. The van der Waals surface area contributed by atoms with E-state index in [1.54, 1.807) is 30.6 Å². The molecule has 2 aliphatic rings. The van der Waals surface area contributed by atoms with Crippen molar-refractivity contribution in [2.24, 2.45) is 0 Å². The van der Waals surface area contributed by atoms with Crippen LogP contribution in [0.1, 0.15) is 38.2 Å². The third kappa shape index (κ3) is 5.55. The summed E-state index contributed by atoms with van der Waals surface area (Å²) >= 11 is 0. The van der Waals surface area contributed by atoms with Gasteiger partial charge in [0.25, 0.3) is 5.91 Å². The molecule has 0 radical (unpaired) electrons. The van der Waals surface area contributed by atoms with Gasteiger partial charge in [0.1, 0.15) is 23.8 Å². The summed E-state index contributed by atoms with van der Waals surface area (Å²) in [6, 6.07) is 15.8. The lowest BCUT2D eigenvalue weighted by Crippen LogP contribution is -2.49. The fourth-order valence-electron chi connectivity index (χ4n) is 5.42. The molecule has 0 aliphatic carbocycles. The third-order valence-electron chi connectivity index (χ3n) is 7.66. The summed E-state index contributed by atoms with van der Waals surface area (Å²) < 4.78 is 0. The predicted octanol–water partition coefficient (Wildman–Crippen LogP) is 3.12. The van der Waals surface area contributed by atoms with Gasteiger partial charge in [0, 0.05) is 76.9 Å². The van der Waals surface area contributed by atoms with Crippen LogP contribution in [0.4, 0.5) is 11.6 Å². The Morgan fingerprint density at radius 2 is 1.33 bits per heavy atom. The molecule has 5 rings (SSSR count). The average molecular weight is 521 g/mol. The molecule has 1 aromatic carbocycles. The van der Waals surface area contributed by atoms with Crippen LogP contribution in [-0.4, -0.2) is 78.0 Å². The van der Waals surface area contributed by atoms with Crippen molar-refractivity contribution in [1.82, 2.24) is 19.8 Å². The Morgan fingerprint density at radius 1 is 0.795 bits per heavy atom. The summed E-state index contributed by atoms with van der Waals surface area (Å²) in [6.07, 6.45) is 3.44. The monoisotopic (exact) mass is 520 g/mol. The summed E-state index contributed by atoms with van der Waals surface area (Å²) in [7, 11) is 0. The number of amides is 1. The largest absolute Gasteiger partial charge is 0.353 e. The van der Waals surface area contributed by atoms with Crippen LogP contribution >= 0.6 is 0 Å². The van der Waals surface area contributed by atoms with Crippen LogP contribution in [0.25, 0.3) is 0 Å². The number of carbonyl (C=O) groups excluding carboxylic acids is 1. The number of hydrogen-bond donors (Lipinski definition) is 0.